The van der Waals surface area contributed by atoms with E-state index < -0.39 is 36.6 Å². The molecule has 3 amide bonds. The minimum atomic E-state index is -1.14. The second-order valence-corrected chi connectivity index (χ2v) is 9.95. The summed E-state index contributed by atoms with van der Waals surface area (Å²) in [6, 6.07) is 12.7. The number of esters is 1. The Kier molecular flexibility index (Phi) is 5.80. The van der Waals surface area contributed by atoms with Crippen LogP contribution in [0, 0.1) is 13.8 Å². The lowest BCUT2D eigenvalue weighted by molar-refractivity contribution is -0.146. The molecule has 1 atom stereocenters. The smallest absolute Gasteiger partial charge is 0.326 e. The number of ether oxygens (including phenoxy) is 1. The van der Waals surface area contributed by atoms with Crippen LogP contribution in [-0.2, 0) is 32.8 Å². The van der Waals surface area contributed by atoms with Crippen molar-refractivity contribution in [2.45, 2.75) is 38.8 Å². The molecule has 0 bridgehead atoms. The van der Waals surface area contributed by atoms with E-state index in [-0.39, 0.29) is 5.78 Å². The number of rotatable bonds is 7. The van der Waals surface area contributed by atoms with Crippen LogP contribution < -0.4 is 5.32 Å². The Balaban J connectivity index is 1.22. The molecule has 0 unspecified atom stereocenters. The van der Waals surface area contributed by atoms with E-state index in [9.17, 15) is 19.2 Å². The molecule has 1 aromatic carbocycles. The number of imide groups is 1. The summed E-state index contributed by atoms with van der Waals surface area (Å²) in [4.78, 5) is 53.1. The number of ketones is 1. The van der Waals surface area contributed by atoms with Crippen LogP contribution in [0.15, 0.2) is 47.8 Å². The van der Waals surface area contributed by atoms with Crippen molar-refractivity contribution in [1.29, 1.82) is 0 Å². The Morgan fingerprint density at radius 1 is 1.14 bits per heavy atom. The maximum atomic E-state index is 13.2. The number of urea groups is 1. The monoisotopic (exact) mass is 491 g/mol. The standard InChI is InChI=1S/C26H25N3O5S/c1-16-12-20(17(2)28(16)13-19-7-5-11-35-19)22(30)15-34-23(31)14-29-24(32)26(27-25(29)33)10-9-18-6-3-4-8-21(18)26/h3-8,11-12H,9-10,13-15H2,1-2H3,(H,27,33)/t26-/m1/s1. The third-order valence-electron chi connectivity index (χ3n) is 6.84. The second-order valence-electron chi connectivity index (χ2n) is 8.92. The molecule has 3 aromatic rings. The van der Waals surface area contributed by atoms with Gasteiger partial charge in [0.1, 0.15) is 12.1 Å². The third kappa shape index (κ3) is 3.95. The summed E-state index contributed by atoms with van der Waals surface area (Å²) in [6.45, 7) is 3.46. The second kappa shape index (κ2) is 8.81. The molecule has 3 heterocycles. The van der Waals surface area contributed by atoms with Gasteiger partial charge in [0.15, 0.2) is 6.61 Å². The zero-order valence-electron chi connectivity index (χ0n) is 19.5. The highest BCUT2D eigenvalue weighted by atomic mass is 32.1. The molecular weight excluding hydrogens is 466 g/mol. The lowest BCUT2D eigenvalue weighted by atomic mass is 9.92. The minimum absolute atomic E-state index is 0.331. The van der Waals surface area contributed by atoms with Crippen molar-refractivity contribution >= 4 is 35.0 Å². The maximum Gasteiger partial charge on any atom is 0.326 e. The van der Waals surface area contributed by atoms with Crippen molar-refractivity contribution in [3.05, 3.63) is 80.8 Å². The normalized spacial score (nSPS) is 18.7. The van der Waals surface area contributed by atoms with Gasteiger partial charge >= 0.3 is 12.0 Å². The molecule has 0 radical (unpaired) electrons. The van der Waals surface area contributed by atoms with Gasteiger partial charge in [0, 0.05) is 21.8 Å². The first kappa shape index (κ1) is 23.0. The Morgan fingerprint density at radius 2 is 1.94 bits per heavy atom. The van der Waals surface area contributed by atoms with Gasteiger partial charge in [-0.3, -0.25) is 19.3 Å². The van der Waals surface area contributed by atoms with Gasteiger partial charge in [0.05, 0.1) is 6.54 Å². The highest BCUT2D eigenvalue weighted by Gasteiger charge is 2.55. The number of Topliss-reactive ketones (excluding diaryl/α,β-unsaturated/α-hetero) is 1. The number of carbonyl (C=O) groups excluding carboxylic acids is 4. The Labute approximate surface area is 206 Å². The SMILES string of the molecule is Cc1cc(C(=O)COC(=O)CN2C(=O)N[C@@]3(CCc4ccccc43)C2=O)c(C)n1Cc1cccs1. The van der Waals surface area contributed by atoms with Gasteiger partial charge in [-0.05, 0) is 55.3 Å². The van der Waals surface area contributed by atoms with Gasteiger partial charge < -0.3 is 14.6 Å². The van der Waals surface area contributed by atoms with Crippen LogP contribution in [0.2, 0.25) is 0 Å². The van der Waals surface area contributed by atoms with Crippen molar-refractivity contribution in [3.8, 4) is 0 Å². The number of nitrogens with one attached hydrogen (secondary N) is 1. The van der Waals surface area contributed by atoms with Crippen molar-refractivity contribution in [2.75, 3.05) is 13.2 Å². The minimum Gasteiger partial charge on any atom is -0.456 e. The van der Waals surface area contributed by atoms with Gasteiger partial charge in [0.25, 0.3) is 5.91 Å². The number of benzene rings is 1. The van der Waals surface area contributed by atoms with Crippen LogP contribution in [0.1, 0.15) is 44.2 Å². The van der Waals surface area contributed by atoms with E-state index in [0.717, 1.165) is 27.4 Å². The van der Waals surface area contributed by atoms with Gasteiger partial charge in [-0.25, -0.2) is 4.79 Å². The lowest BCUT2D eigenvalue weighted by Gasteiger charge is -2.22. The number of aromatic nitrogens is 1. The van der Waals surface area contributed by atoms with Crippen LogP contribution in [0.3, 0.4) is 0 Å². The van der Waals surface area contributed by atoms with E-state index in [1.807, 2.05) is 60.2 Å². The first-order chi connectivity index (χ1) is 16.8. The van der Waals surface area contributed by atoms with Crippen molar-refractivity contribution < 1.29 is 23.9 Å². The molecule has 1 spiro atoms. The van der Waals surface area contributed by atoms with Gasteiger partial charge in [-0.1, -0.05) is 30.3 Å². The summed E-state index contributed by atoms with van der Waals surface area (Å²) in [5, 5.41) is 4.78. The summed E-state index contributed by atoms with van der Waals surface area (Å²) in [6.07, 6.45) is 1.11. The van der Waals surface area contributed by atoms with Crippen molar-refractivity contribution in [3.63, 3.8) is 0 Å². The molecule has 1 fully saturated rings. The fourth-order valence-electron chi connectivity index (χ4n) is 5.02. The van der Waals surface area contributed by atoms with E-state index in [1.165, 1.54) is 4.88 Å². The molecule has 1 N–H and O–H groups in total. The number of carbonyl (C=O) groups is 4. The average molecular weight is 492 g/mol. The number of aryl methyl sites for hydroxylation is 2. The van der Waals surface area contributed by atoms with Crippen LogP contribution in [0.5, 0.6) is 0 Å². The van der Waals surface area contributed by atoms with Gasteiger partial charge in [-0.15, -0.1) is 11.3 Å². The number of nitrogens with zero attached hydrogens (tertiary/aromatic N) is 2. The molecular formula is C26H25N3O5S. The first-order valence-corrected chi connectivity index (χ1v) is 12.3. The topological polar surface area (TPSA) is 97.7 Å². The zero-order valence-corrected chi connectivity index (χ0v) is 20.3. The Hall–Kier alpha value is -3.72. The van der Waals surface area contributed by atoms with Crippen LogP contribution in [0.25, 0.3) is 0 Å². The first-order valence-electron chi connectivity index (χ1n) is 11.4. The molecule has 8 nitrogen and oxygen atoms in total. The van der Waals surface area contributed by atoms with E-state index in [1.54, 1.807) is 17.4 Å². The summed E-state index contributed by atoms with van der Waals surface area (Å²) in [5.41, 5.74) is 2.86. The molecule has 2 aromatic heterocycles. The Morgan fingerprint density at radius 3 is 2.71 bits per heavy atom. The quantitative estimate of drug-likeness (QED) is 0.311. The van der Waals surface area contributed by atoms with Crippen molar-refractivity contribution in [1.82, 2.24) is 14.8 Å². The zero-order chi connectivity index (χ0) is 24.7. The number of thiophene rings is 1. The average Bonchev–Trinajstić information content (AvgIpc) is 3.60. The van der Waals surface area contributed by atoms with Gasteiger partial charge in [-0.2, -0.15) is 0 Å². The van der Waals surface area contributed by atoms with Gasteiger partial charge in [0.2, 0.25) is 5.78 Å². The number of fused-ring (bicyclic) bond motifs is 2. The summed E-state index contributed by atoms with van der Waals surface area (Å²) >= 11 is 1.65. The molecule has 9 heteroatoms. The largest absolute Gasteiger partial charge is 0.456 e. The van der Waals surface area contributed by atoms with Crippen molar-refractivity contribution in [2.24, 2.45) is 0 Å². The summed E-state index contributed by atoms with van der Waals surface area (Å²) in [7, 11) is 0. The molecule has 0 saturated carbocycles. The van der Waals surface area contributed by atoms with Crippen LogP contribution in [0.4, 0.5) is 4.79 Å². The molecule has 1 aliphatic heterocycles. The lowest BCUT2D eigenvalue weighted by Crippen LogP contribution is -2.42. The number of hydrogen-bond acceptors (Lipinski definition) is 6. The fourth-order valence-corrected chi connectivity index (χ4v) is 5.71. The highest BCUT2D eigenvalue weighted by molar-refractivity contribution is 7.09. The predicted molar refractivity (Wildman–Crippen MR) is 129 cm³/mol. The predicted octanol–water partition coefficient (Wildman–Crippen LogP) is 3.33. The molecule has 5 rings (SSSR count). The third-order valence-corrected chi connectivity index (χ3v) is 7.70. The highest BCUT2D eigenvalue weighted by Crippen LogP contribution is 2.41. The number of hydrogen-bond donors (Lipinski definition) is 1. The summed E-state index contributed by atoms with van der Waals surface area (Å²) < 4.78 is 7.23. The molecule has 1 saturated heterocycles. The fraction of sp³-hybridized carbons (Fsp3) is 0.308. The van der Waals surface area contributed by atoms with E-state index in [2.05, 4.69) is 5.32 Å². The van der Waals surface area contributed by atoms with Crippen LogP contribution >= 0.6 is 11.3 Å². The molecule has 2 aliphatic rings. The number of amides is 3. The van der Waals surface area contributed by atoms with E-state index in [4.69, 9.17) is 4.74 Å². The molecule has 35 heavy (non-hydrogen) atoms. The summed E-state index contributed by atoms with van der Waals surface area (Å²) in [5.74, 6) is -1.60. The molecule has 180 valence electrons. The Bertz CT molecular complexity index is 1340. The van der Waals surface area contributed by atoms with E-state index >= 15 is 0 Å². The molecule has 1 aliphatic carbocycles. The maximum absolute atomic E-state index is 13.2. The van der Waals surface area contributed by atoms with E-state index in [0.29, 0.717) is 24.9 Å². The van der Waals surface area contributed by atoms with Crippen LogP contribution in [-0.4, -0.2) is 46.3 Å².